The third-order valence-corrected chi connectivity index (χ3v) is 4.55. The lowest BCUT2D eigenvalue weighted by Crippen LogP contribution is -2.07. The molecule has 0 saturated heterocycles. The third kappa shape index (κ3) is 5.72. The van der Waals surface area contributed by atoms with Crippen molar-refractivity contribution in [2.45, 2.75) is 27.7 Å². The molecule has 4 heteroatoms. The van der Waals surface area contributed by atoms with Crippen LogP contribution in [0, 0.1) is 28.8 Å². The van der Waals surface area contributed by atoms with Crippen molar-refractivity contribution in [3.8, 4) is 17.8 Å². The van der Waals surface area contributed by atoms with E-state index in [4.69, 9.17) is 10.00 Å². The molecule has 1 saturated carbocycles. The molecule has 2 aromatic rings. The van der Waals surface area contributed by atoms with E-state index >= 15 is 0 Å². The molecule has 1 aliphatic carbocycles. The average Bonchev–Trinajstić information content (AvgIpc) is 3.17. The van der Waals surface area contributed by atoms with E-state index in [1.807, 2.05) is 88.4 Å². The number of rotatable bonds is 4. The van der Waals surface area contributed by atoms with Crippen LogP contribution in [0.4, 0.5) is 0 Å². The molecule has 0 amide bonds. The number of hydrogen-bond acceptors (Lipinski definition) is 4. The van der Waals surface area contributed by atoms with Crippen LogP contribution in [0.15, 0.2) is 72.3 Å². The Morgan fingerprint density at radius 3 is 1.89 bits per heavy atom. The maximum Gasteiger partial charge on any atom is 0.325 e. The van der Waals surface area contributed by atoms with Gasteiger partial charge in [0.1, 0.15) is 11.5 Å². The zero-order valence-corrected chi connectivity index (χ0v) is 16.2. The zero-order valence-electron chi connectivity index (χ0n) is 16.2. The summed E-state index contributed by atoms with van der Waals surface area (Å²) in [5.41, 5.74) is 1.13. The van der Waals surface area contributed by atoms with Gasteiger partial charge in [-0.15, -0.1) is 5.26 Å². The lowest BCUT2D eigenvalue weighted by atomic mass is 10.1. The minimum absolute atomic E-state index is 0.0643. The van der Waals surface area contributed by atoms with E-state index in [2.05, 4.69) is 10.8 Å². The molecule has 0 N–H and O–H groups in total. The van der Waals surface area contributed by atoms with Gasteiger partial charge in [0, 0.05) is 0 Å². The first kappa shape index (κ1) is 20.3. The number of hydrogen-bond donors (Lipinski definition) is 0. The van der Waals surface area contributed by atoms with Crippen molar-refractivity contribution in [3.05, 3.63) is 72.3 Å². The van der Waals surface area contributed by atoms with Crippen molar-refractivity contribution in [2.24, 2.45) is 17.3 Å². The van der Waals surface area contributed by atoms with Gasteiger partial charge in [0.05, 0.1) is 5.92 Å². The quantitative estimate of drug-likeness (QED) is 0.395. The van der Waals surface area contributed by atoms with Crippen LogP contribution in [0.2, 0.25) is 0 Å². The summed E-state index contributed by atoms with van der Waals surface area (Å²) in [5.74, 6) is 1.40. The van der Waals surface area contributed by atoms with E-state index in [9.17, 15) is 4.79 Å². The van der Waals surface area contributed by atoms with E-state index in [0.29, 0.717) is 0 Å². The molecular formula is C23H25NO3. The first-order chi connectivity index (χ1) is 12.9. The second kappa shape index (κ2) is 9.05. The first-order valence-electron chi connectivity index (χ1n) is 8.89. The molecule has 0 spiro atoms. The van der Waals surface area contributed by atoms with Crippen molar-refractivity contribution >= 4 is 5.97 Å². The Kier molecular flexibility index (Phi) is 6.79. The van der Waals surface area contributed by atoms with Gasteiger partial charge in [-0.1, -0.05) is 61.9 Å². The summed E-state index contributed by atoms with van der Waals surface area (Å²) in [6, 6.07) is 19.5. The van der Waals surface area contributed by atoms with Crippen molar-refractivity contribution in [3.63, 3.8) is 0 Å². The fraction of sp³-hybridized carbons (Fsp3) is 0.304. The fourth-order valence-electron chi connectivity index (χ4n) is 3.02. The Hall–Kier alpha value is -3.06. The Bertz CT molecular complexity index is 778. The predicted octanol–water partition coefficient (Wildman–Crippen LogP) is 5.73. The molecule has 140 valence electrons. The zero-order chi connectivity index (χ0) is 19.9. The normalized spacial score (nSPS) is 18.8. The van der Waals surface area contributed by atoms with Gasteiger partial charge in [0.15, 0.2) is 0 Å². The number of esters is 1. The molecule has 0 aliphatic heterocycles. The van der Waals surface area contributed by atoms with Crippen molar-refractivity contribution in [1.82, 2.24) is 0 Å². The molecule has 3 rings (SSSR count). The molecule has 2 unspecified atom stereocenters. The molecule has 2 atom stereocenters. The van der Waals surface area contributed by atoms with Gasteiger partial charge < -0.3 is 9.47 Å². The van der Waals surface area contributed by atoms with Crippen LogP contribution in [0.3, 0.4) is 0 Å². The molecule has 1 fully saturated rings. The fourth-order valence-corrected chi connectivity index (χ4v) is 3.02. The lowest BCUT2D eigenvalue weighted by Gasteiger charge is -2.03. The summed E-state index contributed by atoms with van der Waals surface area (Å²) < 4.78 is 9.93. The summed E-state index contributed by atoms with van der Waals surface area (Å²) in [6.45, 7) is 8.03. The summed E-state index contributed by atoms with van der Waals surface area (Å²) in [6.07, 6.45) is 3.50. The Labute approximate surface area is 161 Å². The van der Waals surface area contributed by atoms with Gasteiger partial charge in [-0.05, 0) is 49.4 Å². The predicted molar refractivity (Wildman–Crippen MR) is 105 cm³/mol. The maximum atomic E-state index is 11.3. The van der Waals surface area contributed by atoms with E-state index in [-0.39, 0.29) is 17.3 Å². The highest BCUT2D eigenvalue weighted by Gasteiger charge is 2.61. The van der Waals surface area contributed by atoms with Crippen LogP contribution in [0.25, 0.3) is 0 Å². The van der Waals surface area contributed by atoms with Crippen molar-refractivity contribution in [1.29, 1.82) is 5.26 Å². The number of nitrogens with zero attached hydrogens (tertiary/aromatic N) is 1. The number of carbonyl (C=O) groups excluding carboxylic acids is 1. The van der Waals surface area contributed by atoms with Gasteiger partial charge in [-0.25, -0.2) is 0 Å². The highest BCUT2D eigenvalue weighted by Crippen LogP contribution is 2.59. The lowest BCUT2D eigenvalue weighted by molar-refractivity contribution is -0.139. The number of nitriles is 1. The van der Waals surface area contributed by atoms with E-state index in [0.717, 1.165) is 11.5 Å². The van der Waals surface area contributed by atoms with Crippen LogP contribution in [0.5, 0.6) is 11.5 Å². The van der Waals surface area contributed by atoms with E-state index in [1.54, 1.807) is 0 Å². The van der Waals surface area contributed by atoms with Gasteiger partial charge >= 0.3 is 5.97 Å². The molecule has 27 heavy (non-hydrogen) atoms. The van der Waals surface area contributed by atoms with E-state index < -0.39 is 5.97 Å². The minimum Gasteiger partial charge on any atom is -0.457 e. The largest absolute Gasteiger partial charge is 0.457 e. The molecule has 0 radical (unpaired) electrons. The van der Waals surface area contributed by atoms with E-state index in [1.165, 1.54) is 11.8 Å². The van der Waals surface area contributed by atoms with Crippen LogP contribution >= 0.6 is 0 Å². The number of para-hydroxylation sites is 2. The standard InChI is InChI=1S/C12H10O.C11H15NO2/c1-3-7-11(8-4-1)13-12-9-5-2-6-10-12;1-7(2)5-8-9(11(8,3)4)10(13)14-6-12/h1-10H;5,8-9H,1-4H3. The molecule has 0 heterocycles. The molecule has 1 aliphatic rings. The second-order valence-corrected chi connectivity index (χ2v) is 7.31. The number of ether oxygens (including phenoxy) is 2. The molecule has 0 bridgehead atoms. The van der Waals surface area contributed by atoms with Crippen molar-refractivity contribution < 1.29 is 14.3 Å². The smallest absolute Gasteiger partial charge is 0.325 e. The number of carbonyl (C=O) groups is 1. The molecular weight excluding hydrogens is 338 g/mol. The summed E-state index contributed by atoms with van der Waals surface area (Å²) in [5, 5.41) is 8.24. The van der Waals surface area contributed by atoms with Crippen LogP contribution < -0.4 is 4.74 Å². The van der Waals surface area contributed by atoms with Gasteiger partial charge in [0.2, 0.25) is 0 Å². The Morgan fingerprint density at radius 1 is 1.00 bits per heavy atom. The molecule has 4 nitrogen and oxygen atoms in total. The van der Waals surface area contributed by atoms with Crippen LogP contribution in [-0.2, 0) is 9.53 Å². The summed E-state index contributed by atoms with van der Waals surface area (Å²) in [7, 11) is 0. The first-order valence-corrected chi connectivity index (χ1v) is 8.89. The SMILES string of the molecule is CC(C)=CC1C(C(=O)OC#N)C1(C)C.c1ccc(Oc2ccccc2)cc1. The minimum atomic E-state index is -0.403. The third-order valence-electron chi connectivity index (χ3n) is 4.55. The number of benzene rings is 2. The topological polar surface area (TPSA) is 59.3 Å². The number of allylic oxidation sites excluding steroid dienone is 2. The van der Waals surface area contributed by atoms with Gasteiger partial charge in [0.25, 0.3) is 6.26 Å². The molecule has 2 aromatic carbocycles. The monoisotopic (exact) mass is 363 g/mol. The highest BCUT2D eigenvalue weighted by molar-refractivity contribution is 5.79. The van der Waals surface area contributed by atoms with Crippen molar-refractivity contribution in [2.75, 3.05) is 0 Å². The highest BCUT2D eigenvalue weighted by atomic mass is 16.5. The van der Waals surface area contributed by atoms with Gasteiger partial charge in [-0.3, -0.25) is 4.79 Å². The van der Waals surface area contributed by atoms with Gasteiger partial charge in [-0.2, -0.15) is 0 Å². The average molecular weight is 363 g/mol. The second-order valence-electron chi connectivity index (χ2n) is 7.31. The summed E-state index contributed by atoms with van der Waals surface area (Å²) in [4.78, 5) is 11.3. The molecule has 0 aromatic heterocycles. The van der Waals surface area contributed by atoms with Crippen LogP contribution in [0.1, 0.15) is 27.7 Å². The Balaban J connectivity index is 0.000000194. The van der Waals surface area contributed by atoms with Crippen LogP contribution in [-0.4, -0.2) is 5.97 Å². The Morgan fingerprint density at radius 2 is 1.48 bits per heavy atom. The summed E-state index contributed by atoms with van der Waals surface area (Å²) >= 11 is 0. The maximum absolute atomic E-state index is 11.3.